The molecule has 1 aromatic carbocycles. The number of allylic oxidation sites excluding steroid dienone is 1. The molecule has 2 aromatic heterocycles. The van der Waals surface area contributed by atoms with Crippen LogP contribution in [0.2, 0.25) is 0 Å². The number of nitrogens with one attached hydrogen (secondary N) is 1. The number of fused-ring (bicyclic) bond motifs is 3. The Bertz CT molecular complexity index is 1160. The predicted molar refractivity (Wildman–Crippen MR) is 99.2 cm³/mol. The normalized spacial score (nSPS) is 17.0. The van der Waals surface area contributed by atoms with E-state index in [1.165, 1.54) is 10.8 Å². The molecule has 0 fully saturated rings. The van der Waals surface area contributed by atoms with Gasteiger partial charge in [-0.05, 0) is 23.5 Å². The van der Waals surface area contributed by atoms with E-state index < -0.39 is 11.2 Å². The van der Waals surface area contributed by atoms with Gasteiger partial charge in [0.15, 0.2) is 5.78 Å². The molecule has 1 aliphatic rings. The van der Waals surface area contributed by atoms with Gasteiger partial charge in [0.05, 0.1) is 5.39 Å². The minimum atomic E-state index is -0.516. The van der Waals surface area contributed by atoms with Crippen molar-refractivity contribution in [2.45, 2.75) is 12.8 Å². The van der Waals surface area contributed by atoms with Crippen molar-refractivity contribution in [1.29, 1.82) is 0 Å². The molecule has 130 valence electrons. The largest absolute Gasteiger partial charge is 0.329 e. The average molecular weight is 347 g/mol. The zero-order valence-electron chi connectivity index (χ0n) is 14.2. The van der Waals surface area contributed by atoms with Gasteiger partial charge >= 0.3 is 5.69 Å². The smallest absolute Gasteiger partial charge is 0.294 e. The van der Waals surface area contributed by atoms with E-state index in [0.717, 1.165) is 5.56 Å². The molecular formula is C20H17N3O3. The maximum absolute atomic E-state index is 12.6. The lowest BCUT2D eigenvalue weighted by atomic mass is 9.82. The van der Waals surface area contributed by atoms with Gasteiger partial charge in [0, 0.05) is 25.2 Å². The van der Waals surface area contributed by atoms with Crippen LogP contribution >= 0.6 is 0 Å². The highest BCUT2D eigenvalue weighted by atomic mass is 16.2. The van der Waals surface area contributed by atoms with E-state index in [4.69, 9.17) is 0 Å². The molecule has 4 rings (SSSR count). The van der Waals surface area contributed by atoms with E-state index in [0.29, 0.717) is 35.0 Å². The van der Waals surface area contributed by atoms with Crippen LogP contribution in [0.4, 0.5) is 0 Å². The van der Waals surface area contributed by atoms with Crippen LogP contribution < -0.4 is 11.2 Å². The molecule has 1 unspecified atom stereocenters. The van der Waals surface area contributed by atoms with Crippen molar-refractivity contribution in [3.05, 3.63) is 80.1 Å². The van der Waals surface area contributed by atoms with E-state index >= 15 is 0 Å². The fourth-order valence-electron chi connectivity index (χ4n) is 3.45. The van der Waals surface area contributed by atoms with Crippen LogP contribution in [-0.4, -0.2) is 20.3 Å². The molecule has 0 amide bonds. The van der Waals surface area contributed by atoms with Crippen LogP contribution in [-0.2, 0) is 13.5 Å². The van der Waals surface area contributed by atoms with Crippen LogP contribution in [0.25, 0.3) is 17.1 Å². The third kappa shape index (κ3) is 2.69. The van der Waals surface area contributed by atoms with Gasteiger partial charge in [-0.3, -0.25) is 19.1 Å². The summed E-state index contributed by atoms with van der Waals surface area (Å²) >= 11 is 0. The molecular weight excluding hydrogens is 330 g/mol. The Hall–Kier alpha value is -3.28. The van der Waals surface area contributed by atoms with Gasteiger partial charge in [-0.25, -0.2) is 9.78 Å². The Morgan fingerprint density at radius 2 is 1.92 bits per heavy atom. The summed E-state index contributed by atoms with van der Waals surface area (Å²) in [5.41, 5.74) is 1.51. The number of aromatic amines is 1. The lowest BCUT2D eigenvalue weighted by molar-refractivity contribution is 0.0959. The number of rotatable bonds is 2. The highest BCUT2D eigenvalue weighted by molar-refractivity contribution is 6.02. The zero-order valence-corrected chi connectivity index (χ0v) is 14.2. The Kier molecular flexibility index (Phi) is 3.88. The number of aryl methyl sites for hydroxylation is 1. The molecule has 1 aliphatic carbocycles. The van der Waals surface area contributed by atoms with Gasteiger partial charge in [0.1, 0.15) is 5.65 Å². The molecule has 0 saturated heterocycles. The minimum absolute atomic E-state index is 0.00237. The number of Topliss-reactive ketones (excluding diaryl/α,β-unsaturated/α-hetero) is 1. The second kappa shape index (κ2) is 6.22. The molecule has 3 aromatic rings. The molecule has 26 heavy (non-hydrogen) atoms. The van der Waals surface area contributed by atoms with Gasteiger partial charge in [-0.2, -0.15) is 0 Å². The number of hydrogen-bond acceptors (Lipinski definition) is 4. The monoisotopic (exact) mass is 347 g/mol. The summed E-state index contributed by atoms with van der Waals surface area (Å²) in [7, 11) is 1.55. The molecule has 6 nitrogen and oxygen atoms in total. The second-order valence-electron chi connectivity index (χ2n) is 6.53. The van der Waals surface area contributed by atoms with Gasteiger partial charge in [0.25, 0.3) is 5.56 Å². The molecule has 0 radical (unpaired) electrons. The molecule has 0 bridgehead atoms. The number of H-pyrrole nitrogens is 1. The molecule has 0 spiro atoms. The number of nitrogens with zero attached hydrogens (tertiary/aromatic N) is 2. The Morgan fingerprint density at radius 3 is 2.69 bits per heavy atom. The van der Waals surface area contributed by atoms with E-state index in [1.54, 1.807) is 7.05 Å². The summed E-state index contributed by atoms with van der Waals surface area (Å²) in [6, 6.07) is 9.86. The quantitative estimate of drug-likeness (QED) is 0.769. The fraction of sp³-hybridized carbons (Fsp3) is 0.200. The van der Waals surface area contributed by atoms with Crippen LogP contribution in [0.1, 0.15) is 27.9 Å². The number of carbonyl (C=O) groups excluding carboxylic acids is 1. The molecule has 0 saturated carbocycles. The first-order valence-electron chi connectivity index (χ1n) is 8.42. The van der Waals surface area contributed by atoms with E-state index in [-0.39, 0.29) is 11.7 Å². The third-order valence-corrected chi connectivity index (χ3v) is 4.81. The Labute approximate surface area is 148 Å². The second-order valence-corrected chi connectivity index (χ2v) is 6.53. The zero-order chi connectivity index (χ0) is 18.3. The first-order valence-corrected chi connectivity index (χ1v) is 8.42. The molecule has 0 aliphatic heterocycles. The Morgan fingerprint density at radius 1 is 1.15 bits per heavy atom. The minimum Gasteiger partial charge on any atom is -0.294 e. The SMILES string of the molecule is Cn1c(=O)[nH]c(=O)c2c3c(cnc21)C(=O)CC(/C=C/c1ccccc1)C3. The lowest BCUT2D eigenvalue weighted by Gasteiger charge is -2.22. The van der Waals surface area contributed by atoms with Gasteiger partial charge in [-0.15, -0.1) is 0 Å². The first kappa shape index (κ1) is 16.2. The standard InChI is InChI=1S/C20H17N3O3/c1-23-18-17(19(25)22-20(23)26)14-9-13(10-16(24)15(14)11-21-18)8-7-12-5-3-2-4-6-12/h2-8,11,13H,9-10H2,1H3,(H,22,25,26)/b8-7+. The number of pyridine rings is 1. The van der Waals surface area contributed by atoms with Gasteiger partial charge in [0.2, 0.25) is 0 Å². The predicted octanol–water partition coefficient (Wildman–Crippen LogP) is 2.08. The Balaban J connectivity index is 1.81. The van der Waals surface area contributed by atoms with E-state index in [2.05, 4.69) is 9.97 Å². The summed E-state index contributed by atoms with van der Waals surface area (Å²) in [6.45, 7) is 0. The van der Waals surface area contributed by atoms with Crippen LogP contribution in [0.3, 0.4) is 0 Å². The number of aromatic nitrogens is 3. The van der Waals surface area contributed by atoms with E-state index in [1.807, 2.05) is 42.5 Å². The van der Waals surface area contributed by atoms with Crippen molar-refractivity contribution in [3.8, 4) is 0 Å². The van der Waals surface area contributed by atoms with Crippen molar-refractivity contribution in [2.24, 2.45) is 13.0 Å². The maximum Gasteiger partial charge on any atom is 0.329 e. The summed E-state index contributed by atoms with van der Waals surface area (Å²) in [4.78, 5) is 43.2. The number of carbonyl (C=O) groups is 1. The lowest BCUT2D eigenvalue weighted by Crippen LogP contribution is -2.31. The van der Waals surface area contributed by atoms with Gasteiger partial charge < -0.3 is 0 Å². The first-order chi connectivity index (χ1) is 12.5. The van der Waals surface area contributed by atoms with Crippen LogP contribution in [0.5, 0.6) is 0 Å². The van der Waals surface area contributed by atoms with Crippen molar-refractivity contribution in [1.82, 2.24) is 14.5 Å². The third-order valence-electron chi connectivity index (χ3n) is 4.81. The number of ketones is 1. The summed E-state index contributed by atoms with van der Waals surface area (Å²) < 4.78 is 1.30. The molecule has 2 heterocycles. The molecule has 1 N–H and O–H groups in total. The van der Waals surface area contributed by atoms with Crippen LogP contribution in [0.15, 0.2) is 52.2 Å². The molecule has 6 heteroatoms. The highest BCUT2D eigenvalue weighted by Gasteiger charge is 2.27. The van der Waals surface area contributed by atoms with Crippen molar-refractivity contribution in [3.63, 3.8) is 0 Å². The number of hydrogen-bond donors (Lipinski definition) is 1. The fourth-order valence-corrected chi connectivity index (χ4v) is 3.45. The highest BCUT2D eigenvalue weighted by Crippen LogP contribution is 2.29. The summed E-state index contributed by atoms with van der Waals surface area (Å²) in [6.07, 6.45) is 6.43. The van der Waals surface area contributed by atoms with Crippen molar-refractivity contribution in [2.75, 3.05) is 0 Å². The van der Waals surface area contributed by atoms with E-state index in [9.17, 15) is 14.4 Å². The topological polar surface area (TPSA) is 84.8 Å². The molecule has 1 atom stereocenters. The van der Waals surface area contributed by atoms with Crippen molar-refractivity contribution >= 4 is 22.9 Å². The summed E-state index contributed by atoms with van der Waals surface area (Å²) in [5.74, 6) is -0.0333. The average Bonchev–Trinajstić information content (AvgIpc) is 2.64. The van der Waals surface area contributed by atoms with Gasteiger partial charge in [-0.1, -0.05) is 42.5 Å². The maximum atomic E-state index is 12.6. The van der Waals surface area contributed by atoms with Crippen molar-refractivity contribution < 1.29 is 4.79 Å². The summed E-state index contributed by atoms with van der Waals surface area (Å²) in [5, 5.41) is 0.329. The van der Waals surface area contributed by atoms with Crippen LogP contribution in [0, 0.1) is 5.92 Å². The number of benzene rings is 1.